The SMILES string of the molecule is Cc1ccc(C[C@@H](F)CN)cc1. The molecule has 0 spiro atoms. The Labute approximate surface area is 72.4 Å². The first kappa shape index (κ1) is 9.20. The fourth-order valence-electron chi connectivity index (χ4n) is 1.06. The van der Waals surface area contributed by atoms with Gasteiger partial charge in [-0.2, -0.15) is 0 Å². The van der Waals surface area contributed by atoms with Crippen LogP contribution in [0.3, 0.4) is 0 Å². The maximum absolute atomic E-state index is 12.8. The summed E-state index contributed by atoms with van der Waals surface area (Å²) in [6, 6.07) is 7.85. The highest BCUT2D eigenvalue weighted by atomic mass is 19.1. The molecule has 66 valence electrons. The van der Waals surface area contributed by atoms with Crippen LogP contribution in [0.25, 0.3) is 0 Å². The van der Waals surface area contributed by atoms with Crippen molar-refractivity contribution >= 4 is 0 Å². The maximum atomic E-state index is 12.8. The number of halogens is 1. The lowest BCUT2D eigenvalue weighted by molar-refractivity contribution is 0.340. The van der Waals surface area contributed by atoms with E-state index >= 15 is 0 Å². The molecule has 0 amide bonds. The minimum atomic E-state index is -0.910. The van der Waals surface area contributed by atoms with E-state index in [-0.39, 0.29) is 6.54 Å². The van der Waals surface area contributed by atoms with Gasteiger partial charge >= 0.3 is 0 Å². The van der Waals surface area contributed by atoms with Crippen molar-refractivity contribution in [2.45, 2.75) is 19.5 Å². The summed E-state index contributed by atoms with van der Waals surface area (Å²) in [6.07, 6.45) is -0.482. The first-order valence-corrected chi connectivity index (χ1v) is 4.12. The molecule has 0 saturated heterocycles. The molecule has 0 radical (unpaired) electrons. The maximum Gasteiger partial charge on any atom is 0.116 e. The van der Waals surface area contributed by atoms with E-state index in [2.05, 4.69) is 0 Å². The van der Waals surface area contributed by atoms with Gasteiger partial charge in [0, 0.05) is 13.0 Å². The molecule has 0 saturated carbocycles. The zero-order valence-corrected chi connectivity index (χ0v) is 7.26. The molecular weight excluding hydrogens is 153 g/mol. The number of alkyl halides is 1. The van der Waals surface area contributed by atoms with Crippen molar-refractivity contribution in [1.82, 2.24) is 0 Å². The number of aryl methyl sites for hydroxylation is 1. The van der Waals surface area contributed by atoms with Crippen molar-refractivity contribution in [3.8, 4) is 0 Å². The van der Waals surface area contributed by atoms with Crippen LogP contribution in [0.2, 0.25) is 0 Å². The molecule has 1 rings (SSSR count). The fraction of sp³-hybridized carbons (Fsp3) is 0.400. The Bertz CT molecular complexity index is 230. The van der Waals surface area contributed by atoms with Crippen molar-refractivity contribution in [1.29, 1.82) is 0 Å². The standard InChI is InChI=1S/C10H14FN/c1-8-2-4-9(5-3-8)6-10(11)7-12/h2-5,10H,6-7,12H2,1H3/t10-/m1/s1. The van der Waals surface area contributed by atoms with Crippen molar-refractivity contribution in [2.75, 3.05) is 6.54 Å². The third kappa shape index (κ3) is 2.62. The molecular formula is C10H14FN. The highest BCUT2D eigenvalue weighted by molar-refractivity contribution is 5.21. The zero-order chi connectivity index (χ0) is 8.97. The first-order chi connectivity index (χ1) is 5.72. The van der Waals surface area contributed by atoms with E-state index in [9.17, 15) is 4.39 Å². The van der Waals surface area contributed by atoms with E-state index < -0.39 is 6.17 Å². The van der Waals surface area contributed by atoms with Gasteiger partial charge in [-0.25, -0.2) is 4.39 Å². The second-order valence-corrected chi connectivity index (χ2v) is 3.02. The van der Waals surface area contributed by atoms with Gasteiger partial charge in [-0.05, 0) is 12.5 Å². The number of hydrogen-bond acceptors (Lipinski definition) is 1. The number of hydrogen-bond donors (Lipinski definition) is 1. The molecule has 0 aliphatic heterocycles. The number of nitrogens with two attached hydrogens (primary N) is 1. The van der Waals surface area contributed by atoms with Crippen LogP contribution in [-0.4, -0.2) is 12.7 Å². The van der Waals surface area contributed by atoms with Gasteiger partial charge in [0.05, 0.1) is 0 Å². The molecule has 0 heterocycles. The average molecular weight is 167 g/mol. The highest BCUT2D eigenvalue weighted by Crippen LogP contribution is 2.07. The minimum absolute atomic E-state index is 0.105. The monoisotopic (exact) mass is 167 g/mol. The van der Waals surface area contributed by atoms with Crippen molar-refractivity contribution in [3.05, 3.63) is 35.4 Å². The van der Waals surface area contributed by atoms with E-state index in [1.165, 1.54) is 5.56 Å². The third-order valence-corrected chi connectivity index (χ3v) is 1.83. The highest BCUT2D eigenvalue weighted by Gasteiger charge is 2.03. The summed E-state index contributed by atoms with van der Waals surface area (Å²) in [6.45, 7) is 2.12. The van der Waals surface area contributed by atoms with E-state index in [1.807, 2.05) is 31.2 Å². The fourth-order valence-corrected chi connectivity index (χ4v) is 1.06. The van der Waals surface area contributed by atoms with Gasteiger partial charge in [0.1, 0.15) is 6.17 Å². The summed E-state index contributed by atoms with van der Waals surface area (Å²) >= 11 is 0. The minimum Gasteiger partial charge on any atom is -0.328 e. The van der Waals surface area contributed by atoms with Crippen LogP contribution < -0.4 is 5.73 Å². The Kier molecular flexibility index (Phi) is 3.23. The number of benzene rings is 1. The molecule has 0 bridgehead atoms. The largest absolute Gasteiger partial charge is 0.328 e. The van der Waals surface area contributed by atoms with Gasteiger partial charge in [-0.15, -0.1) is 0 Å². The summed E-state index contributed by atoms with van der Waals surface area (Å²) in [4.78, 5) is 0. The summed E-state index contributed by atoms with van der Waals surface area (Å²) in [5.74, 6) is 0. The Balaban J connectivity index is 2.58. The Morgan fingerprint density at radius 2 is 1.92 bits per heavy atom. The lowest BCUT2D eigenvalue weighted by Crippen LogP contribution is -2.17. The third-order valence-electron chi connectivity index (χ3n) is 1.83. The van der Waals surface area contributed by atoms with Crippen LogP contribution in [0.4, 0.5) is 4.39 Å². The van der Waals surface area contributed by atoms with E-state index in [0.717, 1.165) is 5.56 Å². The molecule has 0 aliphatic rings. The smallest absolute Gasteiger partial charge is 0.116 e. The molecule has 1 aromatic carbocycles. The van der Waals surface area contributed by atoms with Crippen molar-refractivity contribution in [2.24, 2.45) is 5.73 Å². The predicted octanol–water partition coefficient (Wildman–Crippen LogP) is 1.83. The lowest BCUT2D eigenvalue weighted by atomic mass is 10.1. The molecule has 1 atom stereocenters. The summed E-state index contributed by atoms with van der Waals surface area (Å²) in [5.41, 5.74) is 7.38. The topological polar surface area (TPSA) is 26.0 Å². The zero-order valence-electron chi connectivity index (χ0n) is 7.26. The second-order valence-electron chi connectivity index (χ2n) is 3.02. The molecule has 1 aromatic rings. The average Bonchev–Trinajstić information content (AvgIpc) is 2.09. The molecule has 0 unspecified atom stereocenters. The Morgan fingerprint density at radius 1 is 1.33 bits per heavy atom. The van der Waals surface area contributed by atoms with Gasteiger partial charge in [0.25, 0.3) is 0 Å². The normalized spacial score (nSPS) is 12.9. The summed E-state index contributed by atoms with van der Waals surface area (Å²) in [5, 5.41) is 0. The number of rotatable bonds is 3. The Morgan fingerprint density at radius 3 is 2.42 bits per heavy atom. The molecule has 12 heavy (non-hydrogen) atoms. The van der Waals surface area contributed by atoms with Crippen molar-refractivity contribution < 1.29 is 4.39 Å². The van der Waals surface area contributed by atoms with Crippen LogP contribution in [0, 0.1) is 6.92 Å². The second kappa shape index (κ2) is 4.21. The molecule has 2 N–H and O–H groups in total. The van der Waals surface area contributed by atoms with Crippen LogP contribution in [0.5, 0.6) is 0 Å². The lowest BCUT2D eigenvalue weighted by Gasteiger charge is -2.04. The Hall–Kier alpha value is -0.890. The van der Waals surface area contributed by atoms with Crippen LogP contribution in [-0.2, 0) is 6.42 Å². The quantitative estimate of drug-likeness (QED) is 0.730. The molecule has 2 heteroatoms. The first-order valence-electron chi connectivity index (χ1n) is 4.12. The van der Waals surface area contributed by atoms with Gasteiger partial charge in [-0.3, -0.25) is 0 Å². The van der Waals surface area contributed by atoms with Gasteiger partial charge in [0.2, 0.25) is 0 Å². The molecule has 0 fully saturated rings. The van der Waals surface area contributed by atoms with Crippen LogP contribution >= 0.6 is 0 Å². The van der Waals surface area contributed by atoms with E-state index in [0.29, 0.717) is 6.42 Å². The van der Waals surface area contributed by atoms with Gasteiger partial charge < -0.3 is 5.73 Å². The van der Waals surface area contributed by atoms with E-state index in [4.69, 9.17) is 5.73 Å². The van der Waals surface area contributed by atoms with E-state index in [1.54, 1.807) is 0 Å². The summed E-state index contributed by atoms with van der Waals surface area (Å²) in [7, 11) is 0. The van der Waals surface area contributed by atoms with Gasteiger partial charge in [0.15, 0.2) is 0 Å². The predicted molar refractivity (Wildman–Crippen MR) is 48.8 cm³/mol. The van der Waals surface area contributed by atoms with Crippen LogP contribution in [0.1, 0.15) is 11.1 Å². The molecule has 0 aliphatic carbocycles. The molecule has 1 nitrogen and oxygen atoms in total. The van der Waals surface area contributed by atoms with Crippen LogP contribution in [0.15, 0.2) is 24.3 Å². The van der Waals surface area contributed by atoms with Gasteiger partial charge in [-0.1, -0.05) is 29.8 Å². The van der Waals surface area contributed by atoms with Crippen molar-refractivity contribution in [3.63, 3.8) is 0 Å². The molecule has 0 aromatic heterocycles. The summed E-state index contributed by atoms with van der Waals surface area (Å²) < 4.78 is 12.8.